The number of aromatic nitrogens is 1. The molecule has 0 spiro atoms. The van der Waals surface area contributed by atoms with E-state index >= 15 is 0 Å². The first-order valence-electron chi connectivity index (χ1n) is 8.53. The highest BCUT2D eigenvalue weighted by molar-refractivity contribution is 7.17. The molecular formula is C21H18ClNO3S. The molecule has 0 aliphatic heterocycles. The summed E-state index contributed by atoms with van der Waals surface area (Å²) >= 11 is 7.36. The standard InChI is InChI=1S/C21H18ClNO3S/c1-2-26-20(25)12-16-11-19(18(24)10-14-4-3-9-23-13-14)27-21(16)15-5-7-17(22)8-6-15/h3-9,11,13H,2,10,12H2,1H3. The number of rotatable bonds is 7. The normalized spacial score (nSPS) is 10.6. The fourth-order valence-electron chi connectivity index (χ4n) is 2.69. The predicted octanol–water partition coefficient (Wildman–Crippen LogP) is 4.99. The Morgan fingerprint density at radius 2 is 1.93 bits per heavy atom. The Kier molecular flexibility index (Phi) is 6.37. The molecule has 2 heterocycles. The van der Waals surface area contributed by atoms with Crippen molar-refractivity contribution in [3.05, 3.63) is 75.9 Å². The summed E-state index contributed by atoms with van der Waals surface area (Å²) in [6, 6.07) is 12.8. The molecule has 3 aromatic rings. The SMILES string of the molecule is CCOC(=O)Cc1cc(C(=O)Cc2cccnc2)sc1-c1ccc(Cl)cc1. The summed E-state index contributed by atoms with van der Waals surface area (Å²) in [6.45, 7) is 2.10. The molecule has 2 aromatic heterocycles. The lowest BCUT2D eigenvalue weighted by Crippen LogP contribution is -2.07. The molecule has 138 valence electrons. The summed E-state index contributed by atoms with van der Waals surface area (Å²) in [5.74, 6) is -0.310. The number of carbonyl (C=O) groups is 2. The fraction of sp³-hybridized carbons (Fsp3) is 0.190. The maximum Gasteiger partial charge on any atom is 0.310 e. The highest BCUT2D eigenvalue weighted by Crippen LogP contribution is 2.34. The van der Waals surface area contributed by atoms with E-state index in [-0.39, 0.29) is 24.6 Å². The van der Waals surface area contributed by atoms with Crippen LogP contribution in [0, 0.1) is 0 Å². The fourth-order valence-corrected chi connectivity index (χ4v) is 3.94. The van der Waals surface area contributed by atoms with Crippen LogP contribution in [0.3, 0.4) is 0 Å². The number of esters is 1. The highest BCUT2D eigenvalue weighted by atomic mass is 35.5. The van der Waals surface area contributed by atoms with Gasteiger partial charge in [0, 0.05) is 28.7 Å². The van der Waals surface area contributed by atoms with Gasteiger partial charge in [0.05, 0.1) is 17.9 Å². The first-order valence-corrected chi connectivity index (χ1v) is 9.72. The lowest BCUT2D eigenvalue weighted by Gasteiger charge is -2.04. The molecule has 0 fully saturated rings. The average molecular weight is 400 g/mol. The molecule has 0 N–H and O–H groups in total. The summed E-state index contributed by atoms with van der Waals surface area (Å²) < 4.78 is 5.07. The molecule has 0 saturated heterocycles. The molecule has 3 rings (SSSR count). The third-order valence-electron chi connectivity index (χ3n) is 3.92. The molecule has 27 heavy (non-hydrogen) atoms. The highest BCUT2D eigenvalue weighted by Gasteiger charge is 2.19. The minimum atomic E-state index is -0.309. The molecule has 0 unspecified atom stereocenters. The van der Waals surface area contributed by atoms with E-state index in [0.29, 0.717) is 16.5 Å². The second-order valence-corrected chi connectivity index (χ2v) is 7.40. The van der Waals surface area contributed by atoms with Crippen LogP contribution in [-0.2, 0) is 22.4 Å². The topological polar surface area (TPSA) is 56.3 Å². The maximum absolute atomic E-state index is 12.7. The van der Waals surface area contributed by atoms with Gasteiger partial charge in [-0.2, -0.15) is 0 Å². The number of thiophene rings is 1. The van der Waals surface area contributed by atoms with Gasteiger partial charge in [-0.05, 0) is 47.9 Å². The Morgan fingerprint density at radius 3 is 2.59 bits per heavy atom. The molecule has 0 bridgehead atoms. The summed E-state index contributed by atoms with van der Waals surface area (Å²) in [7, 11) is 0. The van der Waals surface area contributed by atoms with Crippen molar-refractivity contribution < 1.29 is 14.3 Å². The third kappa shape index (κ3) is 5.02. The van der Waals surface area contributed by atoms with E-state index < -0.39 is 0 Å². The second-order valence-electron chi connectivity index (χ2n) is 5.91. The van der Waals surface area contributed by atoms with Gasteiger partial charge in [-0.1, -0.05) is 29.8 Å². The number of carbonyl (C=O) groups excluding carboxylic acids is 2. The van der Waals surface area contributed by atoms with E-state index in [1.54, 1.807) is 37.5 Å². The first-order chi connectivity index (χ1) is 13.1. The van der Waals surface area contributed by atoms with E-state index in [2.05, 4.69) is 4.98 Å². The lowest BCUT2D eigenvalue weighted by molar-refractivity contribution is -0.142. The molecule has 0 radical (unpaired) electrons. The zero-order chi connectivity index (χ0) is 19.2. The lowest BCUT2D eigenvalue weighted by atomic mass is 10.1. The number of hydrogen-bond acceptors (Lipinski definition) is 5. The molecule has 0 saturated carbocycles. The van der Waals surface area contributed by atoms with E-state index in [0.717, 1.165) is 21.6 Å². The third-order valence-corrected chi connectivity index (χ3v) is 5.44. The van der Waals surface area contributed by atoms with E-state index in [4.69, 9.17) is 16.3 Å². The quantitative estimate of drug-likeness (QED) is 0.414. The number of pyridine rings is 1. The van der Waals surface area contributed by atoms with Crippen LogP contribution in [0.2, 0.25) is 5.02 Å². The number of benzene rings is 1. The second kappa shape index (κ2) is 8.93. The van der Waals surface area contributed by atoms with Gasteiger partial charge in [0.1, 0.15) is 0 Å². The molecule has 0 aliphatic carbocycles. The minimum absolute atomic E-state index is 0.00155. The van der Waals surface area contributed by atoms with Gasteiger partial charge >= 0.3 is 5.97 Å². The molecule has 0 amide bonds. The molecule has 0 atom stereocenters. The molecular weight excluding hydrogens is 382 g/mol. The van der Waals surface area contributed by atoms with Crippen molar-refractivity contribution in [1.29, 1.82) is 0 Å². The van der Waals surface area contributed by atoms with Crippen molar-refractivity contribution in [1.82, 2.24) is 4.98 Å². The Labute approximate surface area is 166 Å². The van der Waals surface area contributed by atoms with Gasteiger partial charge in [-0.25, -0.2) is 0 Å². The van der Waals surface area contributed by atoms with Gasteiger partial charge in [0.15, 0.2) is 5.78 Å². The molecule has 1 aromatic carbocycles. The summed E-state index contributed by atoms with van der Waals surface area (Å²) in [4.78, 5) is 30.3. The van der Waals surface area contributed by atoms with Crippen molar-refractivity contribution in [2.24, 2.45) is 0 Å². The van der Waals surface area contributed by atoms with Crippen LogP contribution in [0.25, 0.3) is 10.4 Å². The summed E-state index contributed by atoms with van der Waals surface area (Å²) in [5.41, 5.74) is 2.57. The monoisotopic (exact) mass is 399 g/mol. The van der Waals surface area contributed by atoms with E-state index in [1.807, 2.05) is 24.3 Å². The smallest absolute Gasteiger partial charge is 0.310 e. The predicted molar refractivity (Wildman–Crippen MR) is 107 cm³/mol. The maximum atomic E-state index is 12.7. The van der Waals surface area contributed by atoms with Crippen LogP contribution < -0.4 is 0 Å². The number of nitrogens with zero attached hydrogens (tertiary/aromatic N) is 1. The molecule has 6 heteroatoms. The van der Waals surface area contributed by atoms with Crippen LogP contribution in [0.15, 0.2) is 54.9 Å². The Hall–Kier alpha value is -2.50. The van der Waals surface area contributed by atoms with Crippen molar-refractivity contribution in [2.45, 2.75) is 19.8 Å². The number of ketones is 1. The van der Waals surface area contributed by atoms with Gasteiger partial charge in [0.2, 0.25) is 0 Å². The average Bonchev–Trinajstić information content (AvgIpc) is 3.07. The van der Waals surface area contributed by atoms with Crippen molar-refractivity contribution >= 4 is 34.7 Å². The van der Waals surface area contributed by atoms with Gasteiger partial charge in [-0.3, -0.25) is 14.6 Å². The van der Waals surface area contributed by atoms with Gasteiger partial charge in [0.25, 0.3) is 0 Å². The number of ether oxygens (including phenoxy) is 1. The van der Waals surface area contributed by atoms with Crippen molar-refractivity contribution in [2.75, 3.05) is 6.61 Å². The zero-order valence-electron chi connectivity index (χ0n) is 14.8. The van der Waals surface area contributed by atoms with E-state index in [1.165, 1.54) is 11.3 Å². The summed E-state index contributed by atoms with van der Waals surface area (Å²) in [5, 5.41) is 0.634. The molecule has 4 nitrogen and oxygen atoms in total. The Morgan fingerprint density at radius 1 is 1.15 bits per heavy atom. The Balaban J connectivity index is 1.91. The number of hydrogen-bond donors (Lipinski definition) is 0. The van der Waals surface area contributed by atoms with Gasteiger partial charge in [-0.15, -0.1) is 11.3 Å². The van der Waals surface area contributed by atoms with Crippen LogP contribution in [0.4, 0.5) is 0 Å². The Bertz CT molecular complexity index is 936. The van der Waals surface area contributed by atoms with Crippen molar-refractivity contribution in [3.8, 4) is 10.4 Å². The number of Topliss-reactive ketones (excluding diaryl/α,β-unsaturated/α-hetero) is 1. The summed E-state index contributed by atoms with van der Waals surface area (Å²) in [6.07, 6.45) is 3.76. The number of halogens is 1. The van der Waals surface area contributed by atoms with Crippen LogP contribution >= 0.6 is 22.9 Å². The van der Waals surface area contributed by atoms with Crippen LogP contribution in [-0.4, -0.2) is 23.3 Å². The zero-order valence-corrected chi connectivity index (χ0v) is 16.3. The van der Waals surface area contributed by atoms with Crippen LogP contribution in [0.5, 0.6) is 0 Å². The van der Waals surface area contributed by atoms with Gasteiger partial charge < -0.3 is 4.74 Å². The minimum Gasteiger partial charge on any atom is -0.466 e. The molecule has 0 aliphatic rings. The largest absolute Gasteiger partial charge is 0.466 e. The van der Waals surface area contributed by atoms with E-state index in [9.17, 15) is 9.59 Å². The first kappa shape index (κ1) is 19.3. The van der Waals surface area contributed by atoms with Crippen molar-refractivity contribution in [3.63, 3.8) is 0 Å². The van der Waals surface area contributed by atoms with Crippen LogP contribution in [0.1, 0.15) is 27.7 Å².